The highest BCUT2D eigenvalue weighted by Gasteiger charge is 2.10. The maximum absolute atomic E-state index is 13.3. The van der Waals surface area contributed by atoms with E-state index in [1.165, 1.54) is 7.11 Å². The van der Waals surface area contributed by atoms with Gasteiger partial charge in [-0.15, -0.1) is 0 Å². The Hall–Kier alpha value is -2.40. The molecule has 0 saturated carbocycles. The maximum Gasteiger partial charge on any atom is 0.137 e. The molecule has 5 heteroatoms. The van der Waals surface area contributed by atoms with E-state index in [-0.39, 0.29) is 16.9 Å². The topological polar surface area (TPSA) is 56.8 Å². The van der Waals surface area contributed by atoms with E-state index in [9.17, 15) is 8.78 Å². The lowest BCUT2D eigenvalue weighted by Gasteiger charge is -2.05. The van der Waals surface area contributed by atoms with Gasteiger partial charge in [-0.05, 0) is 6.08 Å². The van der Waals surface area contributed by atoms with Crippen molar-refractivity contribution in [2.45, 2.75) is 0 Å². The number of benzene rings is 1. The second-order valence-electron chi connectivity index (χ2n) is 2.79. The normalized spacial score (nSPS) is 8.81. The Morgan fingerprint density at radius 3 is 2.44 bits per heavy atom. The van der Waals surface area contributed by atoms with E-state index in [0.717, 1.165) is 12.1 Å². The fourth-order valence-corrected chi connectivity index (χ4v) is 1.10. The monoisotopic (exact) mass is 220 g/mol. The molecule has 0 heterocycles. The number of rotatable bonds is 2. The Labute approximate surface area is 90.8 Å². The van der Waals surface area contributed by atoms with E-state index in [4.69, 9.17) is 15.3 Å². The molecule has 0 radical (unpaired) electrons. The van der Waals surface area contributed by atoms with Gasteiger partial charge >= 0.3 is 0 Å². The van der Waals surface area contributed by atoms with Gasteiger partial charge in [0.25, 0.3) is 0 Å². The first kappa shape index (κ1) is 11.7. The highest BCUT2D eigenvalue weighted by atomic mass is 19.1. The van der Waals surface area contributed by atoms with Gasteiger partial charge in [-0.1, -0.05) is 0 Å². The van der Waals surface area contributed by atoms with Crippen LogP contribution >= 0.6 is 0 Å². The highest BCUT2D eigenvalue weighted by Crippen LogP contribution is 2.25. The number of hydrogen-bond donors (Lipinski definition) is 0. The van der Waals surface area contributed by atoms with Crippen LogP contribution < -0.4 is 4.74 Å². The summed E-state index contributed by atoms with van der Waals surface area (Å²) in [6.07, 6.45) is 1.01. The van der Waals surface area contributed by atoms with Gasteiger partial charge in [-0.25, -0.2) is 8.78 Å². The Kier molecular flexibility index (Phi) is 3.58. The fraction of sp³-hybridized carbons (Fsp3) is 0.0909. The molecule has 0 amide bonds. The Morgan fingerprint density at radius 1 is 1.31 bits per heavy atom. The Bertz CT molecular complexity index is 508. The molecule has 0 aromatic heterocycles. The molecular formula is C11H6F2N2O. The smallest absolute Gasteiger partial charge is 0.137 e. The lowest BCUT2D eigenvalue weighted by Crippen LogP contribution is -1.93. The summed E-state index contributed by atoms with van der Waals surface area (Å²) in [6.45, 7) is 0. The molecular weight excluding hydrogens is 214 g/mol. The molecule has 0 saturated heterocycles. The summed E-state index contributed by atoms with van der Waals surface area (Å²) >= 11 is 0. The first-order chi connectivity index (χ1) is 7.62. The van der Waals surface area contributed by atoms with Crippen LogP contribution in [-0.2, 0) is 0 Å². The van der Waals surface area contributed by atoms with Crippen molar-refractivity contribution in [1.82, 2.24) is 0 Å². The molecule has 0 aliphatic carbocycles. The molecule has 0 aliphatic rings. The zero-order valence-corrected chi connectivity index (χ0v) is 8.29. The zero-order valence-electron chi connectivity index (χ0n) is 8.29. The summed E-state index contributed by atoms with van der Waals surface area (Å²) in [5, 5.41) is 17.0. The Morgan fingerprint density at radius 2 is 1.94 bits per heavy atom. The van der Waals surface area contributed by atoms with Crippen LogP contribution in [0.5, 0.6) is 5.75 Å². The first-order valence-corrected chi connectivity index (χ1v) is 4.17. The molecule has 0 spiro atoms. The number of hydrogen-bond acceptors (Lipinski definition) is 3. The molecule has 3 nitrogen and oxygen atoms in total. The van der Waals surface area contributed by atoms with Gasteiger partial charge in [-0.2, -0.15) is 10.5 Å². The average Bonchev–Trinajstić information content (AvgIpc) is 2.27. The number of methoxy groups -OCH3 is 1. The summed E-state index contributed by atoms with van der Waals surface area (Å²) in [5.41, 5.74) is -0.411. The fourth-order valence-electron chi connectivity index (χ4n) is 1.10. The van der Waals surface area contributed by atoms with Crippen molar-refractivity contribution in [2.24, 2.45) is 0 Å². The predicted octanol–water partition coefficient (Wildman–Crippen LogP) is 2.40. The summed E-state index contributed by atoms with van der Waals surface area (Å²) < 4.78 is 30.9. The van der Waals surface area contributed by atoms with Gasteiger partial charge in [-0.3, -0.25) is 0 Å². The van der Waals surface area contributed by atoms with E-state index in [1.54, 1.807) is 12.1 Å². The van der Waals surface area contributed by atoms with Gasteiger partial charge in [0.1, 0.15) is 35.1 Å². The number of halogens is 2. The van der Waals surface area contributed by atoms with Crippen LogP contribution in [0.1, 0.15) is 5.56 Å². The summed E-state index contributed by atoms with van der Waals surface area (Å²) in [4.78, 5) is 0. The minimum absolute atomic E-state index is 0.0690. The van der Waals surface area contributed by atoms with Crippen LogP contribution in [0.2, 0.25) is 0 Å². The van der Waals surface area contributed by atoms with Gasteiger partial charge in [0.2, 0.25) is 0 Å². The lowest BCUT2D eigenvalue weighted by atomic mass is 10.1. The van der Waals surface area contributed by atoms with Gasteiger partial charge in [0.05, 0.1) is 12.7 Å². The second kappa shape index (κ2) is 4.90. The van der Waals surface area contributed by atoms with Crippen LogP contribution in [-0.4, -0.2) is 7.11 Å². The molecule has 16 heavy (non-hydrogen) atoms. The zero-order chi connectivity index (χ0) is 12.1. The lowest BCUT2D eigenvalue weighted by molar-refractivity contribution is 0.405. The van der Waals surface area contributed by atoms with Crippen LogP contribution in [0.3, 0.4) is 0 Å². The van der Waals surface area contributed by atoms with Crippen LogP contribution in [0.25, 0.3) is 6.08 Å². The predicted molar refractivity (Wildman–Crippen MR) is 52.1 cm³/mol. The summed E-state index contributed by atoms with van der Waals surface area (Å²) in [5.74, 6) is -1.75. The molecule has 1 rings (SSSR count). The largest absolute Gasteiger partial charge is 0.496 e. The SMILES string of the molecule is COc1cc(F)cc(F)c1C=C(C#N)C#N. The number of nitriles is 2. The molecule has 0 N–H and O–H groups in total. The van der Waals surface area contributed by atoms with Gasteiger partial charge < -0.3 is 4.74 Å². The van der Waals surface area contributed by atoms with Crippen LogP contribution in [0, 0.1) is 34.3 Å². The van der Waals surface area contributed by atoms with Gasteiger partial charge in [0, 0.05) is 12.1 Å². The van der Waals surface area contributed by atoms with E-state index >= 15 is 0 Å². The molecule has 0 bridgehead atoms. The Balaban J connectivity index is 3.40. The van der Waals surface area contributed by atoms with Crippen LogP contribution in [0.4, 0.5) is 8.78 Å². The molecule has 0 fully saturated rings. The minimum atomic E-state index is -0.889. The van der Waals surface area contributed by atoms with Crippen molar-refractivity contribution < 1.29 is 13.5 Å². The van der Waals surface area contributed by atoms with Crippen molar-refractivity contribution in [3.8, 4) is 17.9 Å². The number of nitrogens with zero attached hydrogens (tertiary/aromatic N) is 2. The standard InChI is InChI=1S/C11H6F2N2O/c1-16-11-4-8(12)3-10(13)9(11)2-7(5-14)6-15/h2-4H,1H3. The number of allylic oxidation sites excluding steroid dienone is 1. The third kappa shape index (κ3) is 2.34. The maximum atomic E-state index is 13.3. The molecule has 0 aliphatic heterocycles. The van der Waals surface area contributed by atoms with Crippen molar-refractivity contribution in [3.63, 3.8) is 0 Å². The van der Waals surface area contributed by atoms with Crippen molar-refractivity contribution in [3.05, 3.63) is 34.9 Å². The highest BCUT2D eigenvalue weighted by molar-refractivity contribution is 5.66. The summed E-state index contributed by atoms with van der Waals surface area (Å²) in [7, 11) is 1.24. The number of ether oxygens (including phenoxy) is 1. The molecule has 0 atom stereocenters. The third-order valence-corrected chi connectivity index (χ3v) is 1.81. The first-order valence-electron chi connectivity index (χ1n) is 4.17. The van der Waals surface area contributed by atoms with Crippen molar-refractivity contribution in [2.75, 3.05) is 7.11 Å². The van der Waals surface area contributed by atoms with Gasteiger partial charge in [0.15, 0.2) is 0 Å². The van der Waals surface area contributed by atoms with E-state index in [0.29, 0.717) is 6.07 Å². The van der Waals surface area contributed by atoms with Crippen molar-refractivity contribution >= 4 is 6.08 Å². The molecule has 80 valence electrons. The molecule has 1 aromatic rings. The molecule has 1 aromatic carbocycles. The van der Waals surface area contributed by atoms with E-state index in [2.05, 4.69) is 0 Å². The molecule has 0 unspecified atom stereocenters. The van der Waals surface area contributed by atoms with Crippen molar-refractivity contribution in [1.29, 1.82) is 10.5 Å². The minimum Gasteiger partial charge on any atom is -0.496 e. The average molecular weight is 220 g/mol. The van der Waals surface area contributed by atoms with Crippen LogP contribution in [0.15, 0.2) is 17.7 Å². The van der Waals surface area contributed by atoms with E-state index < -0.39 is 11.6 Å². The summed E-state index contributed by atoms with van der Waals surface area (Å²) in [6, 6.07) is 4.78. The third-order valence-electron chi connectivity index (χ3n) is 1.81. The second-order valence-corrected chi connectivity index (χ2v) is 2.79. The quantitative estimate of drug-likeness (QED) is 0.719. The van der Waals surface area contributed by atoms with E-state index in [1.807, 2.05) is 0 Å².